The highest BCUT2D eigenvalue weighted by molar-refractivity contribution is 6.00. The molecule has 0 aliphatic carbocycles. The number of likely N-dealkylation sites (tertiary alicyclic amines) is 1. The van der Waals surface area contributed by atoms with Gasteiger partial charge >= 0.3 is 6.18 Å². The second-order valence-corrected chi connectivity index (χ2v) is 4.71. The molecule has 1 aromatic carbocycles. The van der Waals surface area contributed by atoms with Gasteiger partial charge in [-0.15, -0.1) is 0 Å². The molecule has 0 atom stereocenters. The summed E-state index contributed by atoms with van der Waals surface area (Å²) < 4.78 is 69.3. The minimum absolute atomic E-state index is 0.441. The monoisotopic (exact) mass is 310 g/mol. The molecule has 0 unspecified atom stereocenters. The minimum Gasteiger partial charge on any atom is -0.398 e. The average Bonchev–Trinajstić information content (AvgIpc) is 2.24. The molecule has 21 heavy (non-hydrogen) atoms. The Morgan fingerprint density at radius 2 is 1.90 bits per heavy atom. The summed E-state index contributed by atoms with van der Waals surface area (Å²) >= 11 is 0. The van der Waals surface area contributed by atoms with Crippen LogP contribution in [-0.2, 0) is 4.74 Å². The van der Waals surface area contributed by atoms with Gasteiger partial charge in [0.1, 0.15) is 11.6 Å². The van der Waals surface area contributed by atoms with E-state index in [-0.39, 0.29) is 0 Å². The Bertz CT molecular complexity index is 558. The van der Waals surface area contributed by atoms with Gasteiger partial charge in [0, 0.05) is 13.2 Å². The number of ether oxygens (including phenoxy) is 1. The third kappa shape index (κ3) is 2.41. The van der Waals surface area contributed by atoms with Gasteiger partial charge in [0.15, 0.2) is 5.60 Å². The Balaban J connectivity index is 2.22. The van der Waals surface area contributed by atoms with Crippen LogP contribution in [0.2, 0.25) is 0 Å². The van der Waals surface area contributed by atoms with E-state index in [9.17, 15) is 26.7 Å². The lowest BCUT2D eigenvalue weighted by molar-refractivity contribution is -0.303. The molecule has 1 aliphatic rings. The first-order chi connectivity index (χ1) is 9.61. The van der Waals surface area contributed by atoms with Crippen molar-refractivity contribution in [3.05, 3.63) is 29.3 Å². The molecule has 0 spiro atoms. The van der Waals surface area contributed by atoms with E-state index >= 15 is 0 Å². The molecule has 0 bridgehead atoms. The number of hydrogen-bond acceptors (Lipinski definition) is 3. The fourth-order valence-electron chi connectivity index (χ4n) is 2.12. The summed E-state index contributed by atoms with van der Waals surface area (Å²) in [6.07, 6.45) is -4.66. The Hall–Kier alpha value is -1.90. The van der Waals surface area contributed by atoms with Gasteiger partial charge in [-0.25, -0.2) is 8.78 Å². The lowest BCUT2D eigenvalue weighted by atomic mass is 9.92. The normalized spacial score (nSPS) is 17.5. The summed E-state index contributed by atoms with van der Waals surface area (Å²) in [5.74, 6) is -3.24. The van der Waals surface area contributed by atoms with E-state index in [1.54, 1.807) is 0 Å². The van der Waals surface area contributed by atoms with Crippen LogP contribution in [0.1, 0.15) is 10.4 Å². The number of benzene rings is 1. The van der Waals surface area contributed by atoms with E-state index in [0.29, 0.717) is 6.07 Å². The van der Waals surface area contributed by atoms with Gasteiger partial charge < -0.3 is 15.4 Å². The molecule has 1 aromatic rings. The number of nitrogens with two attached hydrogens (primary N) is 1. The van der Waals surface area contributed by atoms with E-state index in [1.165, 1.54) is 0 Å². The number of anilines is 1. The predicted molar refractivity (Wildman–Crippen MR) is 62.5 cm³/mol. The van der Waals surface area contributed by atoms with Crippen LogP contribution >= 0.6 is 0 Å². The van der Waals surface area contributed by atoms with Crippen molar-refractivity contribution in [2.45, 2.75) is 11.8 Å². The summed E-state index contributed by atoms with van der Waals surface area (Å²) in [6.45, 7) is -1.55. The molecule has 0 saturated carbocycles. The molecule has 116 valence electrons. The Kier molecular flexibility index (Phi) is 3.56. The van der Waals surface area contributed by atoms with Crippen LogP contribution in [0.4, 0.5) is 27.6 Å². The standard InChI is InChI=1S/C12H11F5N2O2/c1-21-11(12(15,16)17)4-19(5-11)10(20)9-7(14)2-6(13)3-8(9)18/h2-3H,4-5,18H2,1H3. The molecular formula is C12H11F5N2O2. The Labute approximate surface area is 116 Å². The summed E-state index contributed by atoms with van der Waals surface area (Å²) in [5, 5.41) is 0. The first-order valence-electron chi connectivity index (χ1n) is 5.77. The van der Waals surface area contributed by atoms with Gasteiger partial charge in [-0.05, 0) is 6.07 Å². The maximum Gasteiger partial charge on any atom is 0.420 e. The fraction of sp³-hybridized carbons (Fsp3) is 0.417. The number of methoxy groups -OCH3 is 1. The summed E-state index contributed by atoms with van der Waals surface area (Å²) in [7, 11) is 0.877. The molecule has 0 radical (unpaired) electrons. The number of hydrogen-bond donors (Lipinski definition) is 1. The van der Waals surface area contributed by atoms with Crippen LogP contribution in [0.3, 0.4) is 0 Å². The van der Waals surface area contributed by atoms with Crippen LogP contribution in [0.15, 0.2) is 12.1 Å². The zero-order chi connectivity index (χ0) is 16.0. The molecule has 4 nitrogen and oxygen atoms in total. The van der Waals surface area contributed by atoms with E-state index in [4.69, 9.17) is 5.73 Å². The van der Waals surface area contributed by atoms with E-state index in [0.717, 1.165) is 18.1 Å². The Morgan fingerprint density at radius 1 is 1.33 bits per heavy atom. The third-order valence-corrected chi connectivity index (χ3v) is 3.39. The van der Waals surface area contributed by atoms with Crippen molar-refractivity contribution in [1.82, 2.24) is 4.90 Å². The number of amides is 1. The van der Waals surface area contributed by atoms with Gasteiger partial charge in [0.2, 0.25) is 0 Å². The van der Waals surface area contributed by atoms with Crippen molar-refractivity contribution < 1.29 is 31.5 Å². The molecular weight excluding hydrogens is 299 g/mol. The molecule has 1 aliphatic heterocycles. The molecule has 1 fully saturated rings. The average molecular weight is 310 g/mol. The van der Waals surface area contributed by atoms with Crippen LogP contribution in [0, 0.1) is 11.6 Å². The molecule has 1 saturated heterocycles. The van der Waals surface area contributed by atoms with Crippen molar-refractivity contribution in [2.24, 2.45) is 0 Å². The predicted octanol–water partition coefficient (Wildman–Crippen LogP) is 1.95. The molecule has 1 heterocycles. The van der Waals surface area contributed by atoms with Gasteiger partial charge in [-0.2, -0.15) is 13.2 Å². The van der Waals surface area contributed by atoms with Crippen molar-refractivity contribution in [3.8, 4) is 0 Å². The molecule has 2 rings (SSSR count). The van der Waals surface area contributed by atoms with Gasteiger partial charge in [-0.3, -0.25) is 4.79 Å². The largest absolute Gasteiger partial charge is 0.420 e. The quantitative estimate of drug-likeness (QED) is 0.671. The highest BCUT2D eigenvalue weighted by Crippen LogP contribution is 2.41. The van der Waals surface area contributed by atoms with Crippen LogP contribution < -0.4 is 5.73 Å². The second kappa shape index (κ2) is 4.83. The van der Waals surface area contributed by atoms with Crippen LogP contribution in [0.5, 0.6) is 0 Å². The lowest BCUT2D eigenvalue weighted by Gasteiger charge is -2.49. The molecule has 0 aromatic heterocycles. The van der Waals surface area contributed by atoms with Gasteiger partial charge in [0.25, 0.3) is 5.91 Å². The van der Waals surface area contributed by atoms with Gasteiger partial charge in [0.05, 0.1) is 24.3 Å². The second-order valence-electron chi connectivity index (χ2n) is 4.71. The number of nitrogen functional groups attached to an aromatic ring is 1. The van der Waals surface area contributed by atoms with E-state index in [2.05, 4.69) is 4.74 Å². The zero-order valence-corrected chi connectivity index (χ0v) is 10.8. The Morgan fingerprint density at radius 3 is 2.33 bits per heavy atom. The third-order valence-electron chi connectivity index (χ3n) is 3.39. The van der Waals surface area contributed by atoms with E-state index in [1.807, 2.05) is 0 Å². The summed E-state index contributed by atoms with van der Waals surface area (Å²) in [6, 6.07) is 1.17. The number of alkyl halides is 3. The van der Waals surface area contributed by atoms with Crippen molar-refractivity contribution >= 4 is 11.6 Å². The highest BCUT2D eigenvalue weighted by Gasteiger charge is 2.63. The molecule has 9 heteroatoms. The van der Waals surface area contributed by atoms with Gasteiger partial charge in [-0.1, -0.05) is 0 Å². The molecule has 1 amide bonds. The number of halogens is 5. The maximum absolute atomic E-state index is 13.6. The molecule has 2 N–H and O–H groups in total. The topological polar surface area (TPSA) is 55.6 Å². The fourth-order valence-corrected chi connectivity index (χ4v) is 2.12. The SMILES string of the molecule is COC1(C(F)(F)F)CN(C(=O)c2c(N)cc(F)cc2F)C1. The van der Waals surface area contributed by atoms with Crippen molar-refractivity contribution in [1.29, 1.82) is 0 Å². The number of rotatable bonds is 2. The number of carbonyl (C=O) groups excluding carboxylic acids is 1. The highest BCUT2D eigenvalue weighted by atomic mass is 19.4. The first-order valence-corrected chi connectivity index (χ1v) is 5.77. The van der Waals surface area contributed by atoms with Crippen LogP contribution in [0.25, 0.3) is 0 Å². The zero-order valence-electron chi connectivity index (χ0n) is 10.8. The summed E-state index contributed by atoms with van der Waals surface area (Å²) in [5.41, 5.74) is 1.76. The van der Waals surface area contributed by atoms with Crippen molar-refractivity contribution in [3.63, 3.8) is 0 Å². The van der Waals surface area contributed by atoms with Crippen LogP contribution in [-0.4, -0.2) is 42.8 Å². The smallest absolute Gasteiger partial charge is 0.398 e. The lowest BCUT2D eigenvalue weighted by Crippen LogP contribution is -2.71. The minimum atomic E-state index is -4.66. The van der Waals surface area contributed by atoms with Crippen molar-refractivity contribution in [2.75, 3.05) is 25.9 Å². The number of carbonyl (C=O) groups is 1. The number of nitrogens with zero attached hydrogens (tertiary/aromatic N) is 1. The maximum atomic E-state index is 13.6. The first kappa shape index (κ1) is 15.5. The summed E-state index contributed by atoms with van der Waals surface area (Å²) in [4.78, 5) is 12.7. The van der Waals surface area contributed by atoms with E-state index < -0.39 is 53.7 Å².